The Balaban J connectivity index is 0.918. The molecule has 25 atom stereocenters. The van der Waals surface area contributed by atoms with Crippen LogP contribution in [0.1, 0.15) is 99.8 Å². The summed E-state index contributed by atoms with van der Waals surface area (Å²) in [5.41, 5.74) is -2.14. The monoisotopic (exact) mass is 913 g/mol. The molecule has 5 aliphatic carbocycles. The van der Waals surface area contributed by atoms with Gasteiger partial charge in [0.1, 0.15) is 61.0 Å². The van der Waals surface area contributed by atoms with Crippen LogP contribution in [0.2, 0.25) is 0 Å². The average molecular weight is 913 g/mol. The van der Waals surface area contributed by atoms with Crippen LogP contribution in [0.4, 0.5) is 0 Å². The van der Waals surface area contributed by atoms with Crippen LogP contribution in [-0.2, 0) is 33.2 Å². The normalized spacial score (nSPS) is 58.9. The molecule has 4 heterocycles. The summed E-state index contributed by atoms with van der Waals surface area (Å²) in [6, 6.07) is 0. The van der Waals surface area contributed by atoms with E-state index in [0.29, 0.717) is 19.4 Å². The number of ether oxygens (including phenoxy) is 7. The van der Waals surface area contributed by atoms with Gasteiger partial charge in [0.25, 0.3) is 0 Å². The van der Waals surface area contributed by atoms with E-state index in [1.165, 1.54) is 0 Å². The lowest BCUT2D eigenvalue weighted by molar-refractivity contribution is -0.374. The number of aliphatic hydroxyl groups is 10. The van der Waals surface area contributed by atoms with Crippen LogP contribution in [0.15, 0.2) is 12.2 Å². The van der Waals surface area contributed by atoms with Crippen molar-refractivity contribution in [1.82, 2.24) is 0 Å². The summed E-state index contributed by atoms with van der Waals surface area (Å²) in [7, 11) is 0. The minimum atomic E-state index is -1.85. The Bertz CT molecular complexity index is 1750. The van der Waals surface area contributed by atoms with E-state index in [4.69, 9.17) is 33.2 Å². The van der Waals surface area contributed by atoms with Crippen LogP contribution in [-0.4, -0.2) is 181 Å². The first-order valence-corrected chi connectivity index (χ1v) is 23.9. The molecule has 0 aromatic carbocycles. The first-order chi connectivity index (χ1) is 30.0. The SMILES string of the molecule is CC1OC(OC2CCC3(C)C(CCC4(C)C3C=CC35OCC6(CCC(C)(C)CC63)C(O)CC45C)C2(C)CO)C(O)C(OC2OC(CO)C(OC3OC(CO)C(O)C3O)C(O)C2O)C1O. The van der Waals surface area contributed by atoms with Crippen molar-refractivity contribution >= 4 is 0 Å². The first-order valence-electron chi connectivity index (χ1n) is 23.9. The highest BCUT2D eigenvalue weighted by Crippen LogP contribution is 2.79. The van der Waals surface area contributed by atoms with Crippen LogP contribution in [0.5, 0.6) is 0 Å². The predicted molar refractivity (Wildman–Crippen MR) is 223 cm³/mol. The van der Waals surface area contributed by atoms with Gasteiger partial charge in [0.15, 0.2) is 18.9 Å². The summed E-state index contributed by atoms with van der Waals surface area (Å²) in [5, 5.41) is 109. The van der Waals surface area contributed by atoms with E-state index < -0.39 is 122 Å². The zero-order valence-corrected chi connectivity index (χ0v) is 38.4. The van der Waals surface area contributed by atoms with Crippen molar-refractivity contribution in [2.75, 3.05) is 26.4 Å². The molecule has 0 aromatic rings. The molecule has 4 saturated heterocycles. The molecule has 4 aliphatic heterocycles. The fourth-order valence-electron chi connectivity index (χ4n) is 15.6. The maximum absolute atomic E-state index is 12.2. The molecule has 1 spiro atoms. The van der Waals surface area contributed by atoms with Gasteiger partial charge in [0.05, 0.1) is 50.3 Å². The second kappa shape index (κ2) is 16.3. The van der Waals surface area contributed by atoms with Gasteiger partial charge in [-0.15, -0.1) is 0 Å². The molecule has 10 N–H and O–H groups in total. The molecule has 25 unspecified atom stereocenters. The van der Waals surface area contributed by atoms with E-state index in [1.807, 2.05) is 6.92 Å². The van der Waals surface area contributed by atoms with Gasteiger partial charge < -0.3 is 84.2 Å². The Hall–Kier alpha value is -0.940. The van der Waals surface area contributed by atoms with Crippen LogP contribution in [0.25, 0.3) is 0 Å². The Labute approximate surface area is 376 Å². The summed E-state index contributed by atoms with van der Waals surface area (Å²) in [4.78, 5) is 0. The molecule has 64 heavy (non-hydrogen) atoms. The second-order valence-corrected chi connectivity index (χ2v) is 23.3. The Kier molecular flexibility index (Phi) is 12.3. The Morgan fingerprint density at radius 1 is 0.625 bits per heavy atom. The maximum Gasteiger partial charge on any atom is 0.187 e. The van der Waals surface area contributed by atoms with Crippen LogP contribution in [0, 0.1) is 50.2 Å². The minimum absolute atomic E-state index is 0.00276. The van der Waals surface area contributed by atoms with Crippen molar-refractivity contribution in [3.63, 3.8) is 0 Å². The van der Waals surface area contributed by atoms with Crippen LogP contribution in [0.3, 0.4) is 0 Å². The summed E-state index contributed by atoms with van der Waals surface area (Å²) < 4.78 is 42.8. The molecule has 0 amide bonds. The lowest BCUT2D eigenvalue weighted by Crippen LogP contribution is -2.72. The van der Waals surface area contributed by atoms with Gasteiger partial charge in [0, 0.05) is 22.2 Å². The van der Waals surface area contributed by atoms with Crippen molar-refractivity contribution in [2.24, 2.45) is 50.2 Å². The molecular weight excluding hydrogens is 837 g/mol. The molecular formula is C47H76O17. The largest absolute Gasteiger partial charge is 0.396 e. The zero-order chi connectivity index (χ0) is 46.3. The summed E-state index contributed by atoms with van der Waals surface area (Å²) in [6.07, 6.45) is -10.3. The number of rotatable bonds is 9. The van der Waals surface area contributed by atoms with Crippen molar-refractivity contribution in [2.45, 2.75) is 204 Å². The molecule has 9 aliphatic rings. The lowest BCUT2D eigenvalue weighted by atomic mass is 9.32. The average Bonchev–Trinajstić information content (AvgIpc) is 3.69. The third kappa shape index (κ3) is 6.65. The molecule has 4 saturated carbocycles. The summed E-state index contributed by atoms with van der Waals surface area (Å²) >= 11 is 0. The number of aliphatic hydroxyl groups excluding tert-OH is 10. The second-order valence-electron chi connectivity index (χ2n) is 23.3. The highest BCUT2D eigenvalue weighted by Gasteiger charge is 2.79. The fourth-order valence-corrected chi connectivity index (χ4v) is 15.6. The molecule has 9 rings (SSSR count). The summed E-state index contributed by atoms with van der Waals surface area (Å²) in [5.74, 6) is 0.344. The standard InChI is InChI=1S/C47H76O17/c1-22-30(52)37(64-39-34(56)32(54)36(24(19-49)61-39)63-38-33(55)31(53)23(18-48)60-38)35(57)40(59-22)62-29-10-11-42(4)25(43(29,5)20-50)8-12-44(6)26(42)9-13-47-27-16-41(2,3)14-15-46(27,21-58-47)28(51)17-45(44,47)7/h9,13,22-40,48-57H,8,10-12,14-21H2,1-7H3. The van der Waals surface area contributed by atoms with E-state index in [1.54, 1.807) is 6.92 Å². The summed E-state index contributed by atoms with van der Waals surface area (Å²) in [6.45, 7) is 14.5. The van der Waals surface area contributed by atoms with Gasteiger partial charge in [0.2, 0.25) is 0 Å². The van der Waals surface area contributed by atoms with Crippen LogP contribution >= 0.6 is 0 Å². The third-order valence-corrected chi connectivity index (χ3v) is 19.7. The minimum Gasteiger partial charge on any atom is -0.396 e. The van der Waals surface area contributed by atoms with Gasteiger partial charge in [-0.2, -0.15) is 0 Å². The van der Waals surface area contributed by atoms with Crippen molar-refractivity contribution in [3.8, 4) is 0 Å². The highest BCUT2D eigenvalue weighted by molar-refractivity contribution is 5.36. The van der Waals surface area contributed by atoms with E-state index in [9.17, 15) is 51.1 Å². The van der Waals surface area contributed by atoms with Crippen LogP contribution < -0.4 is 0 Å². The highest BCUT2D eigenvalue weighted by atomic mass is 16.8. The molecule has 0 aromatic heterocycles. The van der Waals surface area contributed by atoms with E-state index in [2.05, 4.69) is 46.8 Å². The fraction of sp³-hybridized carbons (Fsp3) is 0.957. The number of hydrogen-bond acceptors (Lipinski definition) is 17. The van der Waals surface area contributed by atoms with E-state index in [0.717, 1.165) is 38.5 Å². The molecule has 2 bridgehead atoms. The lowest BCUT2D eigenvalue weighted by Gasteiger charge is -2.73. The number of allylic oxidation sites excluding steroid dienone is 1. The number of hydrogen-bond donors (Lipinski definition) is 10. The topological polar surface area (TPSA) is 267 Å². The van der Waals surface area contributed by atoms with E-state index in [-0.39, 0.29) is 51.4 Å². The maximum atomic E-state index is 12.2. The van der Waals surface area contributed by atoms with Gasteiger partial charge in [-0.05, 0) is 86.4 Å². The molecule has 17 heteroatoms. The predicted octanol–water partition coefficient (Wildman–Crippen LogP) is 0.240. The molecule has 17 nitrogen and oxygen atoms in total. The van der Waals surface area contributed by atoms with Gasteiger partial charge in [-0.3, -0.25) is 0 Å². The molecule has 366 valence electrons. The Morgan fingerprint density at radius 2 is 1.27 bits per heavy atom. The zero-order valence-electron chi connectivity index (χ0n) is 38.4. The molecule has 0 radical (unpaired) electrons. The number of fused-ring (bicyclic) bond motifs is 4. The van der Waals surface area contributed by atoms with Gasteiger partial charge in [-0.1, -0.05) is 53.7 Å². The third-order valence-electron chi connectivity index (χ3n) is 19.7. The van der Waals surface area contributed by atoms with Gasteiger partial charge >= 0.3 is 0 Å². The van der Waals surface area contributed by atoms with Crippen molar-refractivity contribution in [1.29, 1.82) is 0 Å². The quantitative estimate of drug-likeness (QED) is 0.110. The van der Waals surface area contributed by atoms with Crippen molar-refractivity contribution < 1.29 is 84.2 Å². The van der Waals surface area contributed by atoms with E-state index >= 15 is 0 Å². The smallest absolute Gasteiger partial charge is 0.187 e. The molecule has 8 fully saturated rings. The van der Waals surface area contributed by atoms with Crippen molar-refractivity contribution in [3.05, 3.63) is 12.2 Å². The first kappa shape index (κ1) is 48.1. The van der Waals surface area contributed by atoms with Gasteiger partial charge in [-0.25, -0.2) is 0 Å². The Morgan fingerprint density at radius 3 is 1.92 bits per heavy atom.